The zero-order chi connectivity index (χ0) is 29.9. The van der Waals surface area contributed by atoms with Gasteiger partial charge in [-0.15, -0.1) is 6.58 Å². The molecule has 3 heterocycles. The van der Waals surface area contributed by atoms with Gasteiger partial charge in [-0.25, -0.2) is 14.8 Å². The first-order valence-corrected chi connectivity index (χ1v) is 14.2. The van der Waals surface area contributed by atoms with E-state index < -0.39 is 12.2 Å². The lowest BCUT2D eigenvalue weighted by molar-refractivity contribution is -0.189. The van der Waals surface area contributed by atoms with Gasteiger partial charge in [0.1, 0.15) is 18.0 Å². The summed E-state index contributed by atoms with van der Waals surface area (Å²) in [4.78, 5) is 45.0. The monoisotopic (exact) mass is 579 g/mol. The third kappa shape index (κ3) is 5.67. The molecule has 2 aliphatic rings. The molecule has 3 N–H and O–H groups in total. The van der Waals surface area contributed by atoms with Crippen LogP contribution in [0.4, 0.5) is 4.79 Å². The fraction of sp³-hybridized carbons (Fsp3) is 0.250. The maximum atomic E-state index is 14.2. The summed E-state index contributed by atoms with van der Waals surface area (Å²) < 4.78 is 0. The van der Waals surface area contributed by atoms with E-state index in [-0.39, 0.29) is 56.2 Å². The van der Waals surface area contributed by atoms with Crippen LogP contribution in [-0.2, 0) is 29.1 Å². The van der Waals surface area contributed by atoms with Gasteiger partial charge in [0, 0.05) is 24.9 Å². The number of aromatic hydroxyl groups is 1. The molecule has 0 spiro atoms. The fourth-order valence-electron chi connectivity index (χ4n) is 5.88. The van der Waals surface area contributed by atoms with Gasteiger partial charge in [-0.1, -0.05) is 66.7 Å². The Morgan fingerprint density at radius 2 is 1.77 bits per heavy atom. The summed E-state index contributed by atoms with van der Waals surface area (Å²) in [5.74, 6) is -0.361. The van der Waals surface area contributed by atoms with E-state index >= 15 is 0 Å². The van der Waals surface area contributed by atoms with Crippen LogP contribution in [0.2, 0.25) is 0 Å². The minimum Gasteiger partial charge on any atom is -0.508 e. The number of phenolic OH excluding ortho intramolecular Hbond substituents is 1. The Balaban J connectivity index is 1.36. The molecule has 3 aromatic carbocycles. The predicted octanol–water partition coefficient (Wildman–Crippen LogP) is 3.01. The third-order valence-electron chi connectivity index (χ3n) is 7.92. The van der Waals surface area contributed by atoms with Gasteiger partial charge in [-0.2, -0.15) is 5.10 Å². The number of fused-ring (bicyclic) bond motifs is 2. The average molecular weight is 580 g/mol. The lowest BCUT2D eigenvalue weighted by atomic mass is 9.98. The molecule has 0 radical (unpaired) electrons. The van der Waals surface area contributed by atoms with Gasteiger partial charge in [0.2, 0.25) is 11.8 Å². The fourth-order valence-corrected chi connectivity index (χ4v) is 5.88. The number of aromatic amines is 1. The molecule has 2 unspecified atom stereocenters. The molecule has 2 aliphatic heterocycles. The van der Waals surface area contributed by atoms with Gasteiger partial charge in [-0.05, 0) is 29.3 Å². The molecule has 0 saturated carbocycles. The van der Waals surface area contributed by atoms with Crippen LogP contribution >= 0.6 is 0 Å². The van der Waals surface area contributed by atoms with Crippen LogP contribution in [-0.4, -0.2) is 84.8 Å². The van der Waals surface area contributed by atoms with E-state index in [1.807, 2.05) is 54.6 Å². The van der Waals surface area contributed by atoms with Gasteiger partial charge >= 0.3 is 6.03 Å². The summed E-state index contributed by atoms with van der Waals surface area (Å²) in [6, 6.07) is 22.6. The Morgan fingerprint density at radius 3 is 2.53 bits per heavy atom. The van der Waals surface area contributed by atoms with E-state index in [1.165, 1.54) is 0 Å². The lowest BCUT2D eigenvalue weighted by Crippen LogP contribution is -2.76. The van der Waals surface area contributed by atoms with Gasteiger partial charge in [-0.3, -0.25) is 14.7 Å². The zero-order valence-corrected chi connectivity index (χ0v) is 23.6. The number of benzene rings is 3. The number of nitrogens with one attached hydrogen (secondary N) is 2. The van der Waals surface area contributed by atoms with Crippen molar-refractivity contribution in [3.8, 4) is 5.75 Å². The maximum Gasteiger partial charge on any atom is 0.334 e. The molecule has 43 heavy (non-hydrogen) atoms. The number of nitrogens with zero attached hydrogens (tertiary/aromatic N) is 5. The lowest BCUT2D eigenvalue weighted by Gasteiger charge is -2.55. The van der Waals surface area contributed by atoms with E-state index in [1.54, 1.807) is 50.2 Å². The van der Waals surface area contributed by atoms with E-state index in [0.717, 1.165) is 27.7 Å². The third-order valence-corrected chi connectivity index (χ3v) is 7.92. The summed E-state index contributed by atoms with van der Waals surface area (Å²) in [6.45, 7) is 4.67. The predicted molar refractivity (Wildman–Crippen MR) is 160 cm³/mol. The molecule has 0 aliphatic carbocycles. The molecule has 2 saturated heterocycles. The molecule has 11 nitrogen and oxygen atoms in total. The molecular formula is C32H33N7O4. The number of hydrogen-bond donors (Lipinski definition) is 3. The average Bonchev–Trinajstić information content (AvgIpc) is 3.42. The molecule has 2 atom stereocenters. The van der Waals surface area contributed by atoms with Crippen molar-refractivity contribution in [1.29, 1.82) is 0 Å². The SMILES string of the molecule is C=CCN1CC(=O)N2C(Cc3ccc(O)cc3)C(=O)N(Cc3[nH]nc4ccccc34)CC2N1C(=O)NCc1ccccc1. The number of para-hydroxylation sites is 1. The smallest absolute Gasteiger partial charge is 0.334 e. The number of hydrogen-bond acceptors (Lipinski definition) is 6. The first-order valence-electron chi connectivity index (χ1n) is 14.2. The van der Waals surface area contributed by atoms with Crippen LogP contribution in [0.5, 0.6) is 5.75 Å². The van der Waals surface area contributed by atoms with Crippen molar-refractivity contribution in [2.75, 3.05) is 19.6 Å². The van der Waals surface area contributed by atoms with Crippen molar-refractivity contribution >= 4 is 28.7 Å². The second-order valence-corrected chi connectivity index (χ2v) is 10.7. The summed E-state index contributed by atoms with van der Waals surface area (Å²) in [6.07, 6.45) is 1.12. The van der Waals surface area contributed by atoms with Gasteiger partial charge in [0.15, 0.2) is 0 Å². The summed E-state index contributed by atoms with van der Waals surface area (Å²) in [5.41, 5.74) is 3.28. The Bertz CT molecular complexity index is 1640. The molecule has 6 rings (SSSR count). The summed E-state index contributed by atoms with van der Waals surface area (Å²) in [7, 11) is 0. The number of carbonyl (C=O) groups is 3. The summed E-state index contributed by atoms with van der Waals surface area (Å²) in [5, 5.41) is 24.4. The number of phenols is 1. The minimum absolute atomic E-state index is 0.0776. The number of aromatic nitrogens is 2. The number of piperazine rings is 1. The molecule has 4 aromatic rings. The van der Waals surface area contributed by atoms with Crippen molar-refractivity contribution in [1.82, 2.24) is 35.3 Å². The zero-order valence-electron chi connectivity index (χ0n) is 23.6. The molecule has 220 valence electrons. The van der Waals surface area contributed by atoms with Crippen LogP contribution in [0.25, 0.3) is 10.9 Å². The molecule has 1 aromatic heterocycles. The first-order chi connectivity index (χ1) is 20.9. The summed E-state index contributed by atoms with van der Waals surface area (Å²) >= 11 is 0. The van der Waals surface area contributed by atoms with E-state index in [0.29, 0.717) is 6.54 Å². The Labute approximate surface area is 249 Å². The normalized spacial score (nSPS) is 19.0. The number of H-pyrrole nitrogens is 1. The quantitative estimate of drug-likeness (QED) is 0.276. The van der Waals surface area contributed by atoms with Crippen molar-refractivity contribution < 1.29 is 19.5 Å². The molecule has 11 heteroatoms. The van der Waals surface area contributed by atoms with E-state index in [4.69, 9.17) is 0 Å². The van der Waals surface area contributed by atoms with Crippen LogP contribution in [0.1, 0.15) is 16.8 Å². The van der Waals surface area contributed by atoms with Crippen molar-refractivity contribution in [3.05, 3.63) is 108 Å². The van der Waals surface area contributed by atoms with E-state index in [2.05, 4.69) is 22.1 Å². The number of urea groups is 1. The Morgan fingerprint density at radius 1 is 1.02 bits per heavy atom. The van der Waals surface area contributed by atoms with Crippen LogP contribution in [0.3, 0.4) is 0 Å². The molecule has 0 bridgehead atoms. The standard InChI is InChI=1S/C32H33N7O4/c1-2-16-37-21-30(41)38-28(17-22-12-14-24(40)15-13-22)31(42)36(19-27-25-10-6-7-11-26(25)34-35-27)20-29(38)39(37)32(43)33-18-23-8-4-3-5-9-23/h2-15,28-29,40H,1,16-21H2,(H,33,43)(H,34,35). The number of hydrazine groups is 1. The molecular weight excluding hydrogens is 546 g/mol. The highest BCUT2D eigenvalue weighted by Crippen LogP contribution is 2.30. The van der Waals surface area contributed by atoms with Gasteiger partial charge in [0.25, 0.3) is 0 Å². The second kappa shape index (κ2) is 12.0. The molecule has 4 amide bonds. The van der Waals surface area contributed by atoms with Crippen molar-refractivity contribution in [2.24, 2.45) is 0 Å². The van der Waals surface area contributed by atoms with Crippen LogP contribution < -0.4 is 5.32 Å². The highest BCUT2D eigenvalue weighted by atomic mass is 16.3. The molecule has 2 fully saturated rings. The van der Waals surface area contributed by atoms with Crippen molar-refractivity contribution in [3.63, 3.8) is 0 Å². The van der Waals surface area contributed by atoms with Gasteiger partial charge in [0.05, 0.1) is 30.8 Å². The topological polar surface area (TPSA) is 125 Å². The van der Waals surface area contributed by atoms with Crippen molar-refractivity contribution in [2.45, 2.75) is 31.7 Å². The number of rotatable bonds is 8. The number of carbonyl (C=O) groups excluding carboxylic acids is 3. The van der Waals surface area contributed by atoms with Gasteiger partial charge < -0.3 is 20.2 Å². The highest BCUT2D eigenvalue weighted by Gasteiger charge is 2.51. The Hall–Kier alpha value is -5.16. The minimum atomic E-state index is -0.861. The van der Waals surface area contributed by atoms with Crippen LogP contribution in [0, 0.1) is 0 Å². The van der Waals surface area contributed by atoms with E-state index in [9.17, 15) is 19.5 Å². The first kappa shape index (κ1) is 28.0. The Kier molecular flexibility index (Phi) is 7.80. The maximum absolute atomic E-state index is 14.2. The second-order valence-electron chi connectivity index (χ2n) is 10.7. The highest BCUT2D eigenvalue weighted by molar-refractivity contribution is 5.92. The largest absolute Gasteiger partial charge is 0.508 e. The number of amides is 4. The van der Waals surface area contributed by atoms with Crippen LogP contribution in [0.15, 0.2) is 91.5 Å².